The number of hydrogen-bond acceptors (Lipinski definition) is 3. The topological polar surface area (TPSA) is 63.6 Å². The molecule has 0 atom stereocenters. The number of rotatable bonds is 3. The van der Waals surface area contributed by atoms with Gasteiger partial charge in [-0.05, 0) is 41.9 Å². The molecule has 4 heteroatoms. The zero-order valence-corrected chi connectivity index (χ0v) is 14.7. The van der Waals surface area contributed by atoms with Gasteiger partial charge in [-0.2, -0.15) is 0 Å². The molecule has 1 N–H and O–H groups in total. The summed E-state index contributed by atoms with van der Waals surface area (Å²) >= 11 is 0. The molecule has 0 aliphatic heterocycles. The standard InChI is InChI=1S/C18H30O4/c1-16(2,3)18(17(4,5)6)11-9-13(10-12-18)22-15(21)8-7-14(19)20/h7-8,13H,9-12H2,1-6H3,(H,19,20)/b8-7+. The third-order valence-corrected chi connectivity index (χ3v) is 5.30. The van der Waals surface area contributed by atoms with Crippen LogP contribution in [0.15, 0.2) is 12.2 Å². The first-order valence-corrected chi connectivity index (χ1v) is 8.01. The van der Waals surface area contributed by atoms with E-state index in [2.05, 4.69) is 41.5 Å². The highest BCUT2D eigenvalue weighted by molar-refractivity contribution is 5.90. The molecule has 1 fully saturated rings. The number of carboxylic acid groups (broad SMARTS) is 1. The molecule has 0 spiro atoms. The van der Waals surface area contributed by atoms with Gasteiger partial charge in [0.1, 0.15) is 6.10 Å². The fraction of sp³-hybridized carbons (Fsp3) is 0.778. The van der Waals surface area contributed by atoms with Crippen molar-refractivity contribution in [3.8, 4) is 0 Å². The van der Waals surface area contributed by atoms with Gasteiger partial charge in [0.15, 0.2) is 0 Å². The van der Waals surface area contributed by atoms with Gasteiger partial charge in [0.05, 0.1) is 0 Å². The molecule has 22 heavy (non-hydrogen) atoms. The number of aliphatic carboxylic acids is 1. The Morgan fingerprint density at radius 2 is 1.45 bits per heavy atom. The summed E-state index contributed by atoms with van der Waals surface area (Å²) in [6, 6.07) is 0. The molecule has 1 aliphatic carbocycles. The molecule has 126 valence electrons. The Morgan fingerprint density at radius 1 is 1.00 bits per heavy atom. The van der Waals surface area contributed by atoms with Crippen LogP contribution in [0.2, 0.25) is 0 Å². The van der Waals surface area contributed by atoms with Crippen molar-refractivity contribution in [2.75, 3.05) is 0 Å². The highest BCUT2D eigenvalue weighted by Gasteiger charge is 2.51. The molecule has 0 aromatic carbocycles. The van der Waals surface area contributed by atoms with Crippen LogP contribution in [0.1, 0.15) is 67.2 Å². The van der Waals surface area contributed by atoms with Gasteiger partial charge in [-0.25, -0.2) is 9.59 Å². The third-order valence-electron chi connectivity index (χ3n) is 5.30. The van der Waals surface area contributed by atoms with Gasteiger partial charge in [-0.3, -0.25) is 0 Å². The molecular formula is C18H30O4. The molecule has 0 radical (unpaired) electrons. The van der Waals surface area contributed by atoms with Crippen molar-refractivity contribution in [1.82, 2.24) is 0 Å². The zero-order valence-electron chi connectivity index (χ0n) is 14.7. The molecule has 1 rings (SSSR count). The molecule has 0 heterocycles. The summed E-state index contributed by atoms with van der Waals surface area (Å²) in [6.07, 6.45) is 5.39. The summed E-state index contributed by atoms with van der Waals surface area (Å²) in [4.78, 5) is 22.0. The first-order chi connectivity index (χ1) is 9.89. The number of esters is 1. The fourth-order valence-corrected chi connectivity index (χ4v) is 4.17. The van der Waals surface area contributed by atoms with Crippen molar-refractivity contribution in [1.29, 1.82) is 0 Å². The van der Waals surface area contributed by atoms with E-state index in [0.717, 1.165) is 37.8 Å². The van der Waals surface area contributed by atoms with Gasteiger partial charge in [-0.15, -0.1) is 0 Å². The van der Waals surface area contributed by atoms with E-state index in [1.807, 2.05) is 0 Å². The van der Waals surface area contributed by atoms with Crippen LogP contribution in [0.3, 0.4) is 0 Å². The lowest BCUT2D eigenvalue weighted by atomic mass is 9.49. The summed E-state index contributed by atoms with van der Waals surface area (Å²) < 4.78 is 5.37. The van der Waals surface area contributed by atoms with Crippen LogP contribution in [0.5, 0.6) is 0 Å². The Labute approximate surface area is 133 Å². The number of carbonyl (C=O) groups is 2. The van der Waals surface area contributed by atoms with Gasteiger partial charge >= 0.3 is 11.9 Å². The molecule has 1 saturated carbocycles. The van der Waals surface area contributed by atoms with Gasteiger partial charge < -0.3 is 9.84 Å². The quantitative estimate of drug-likeness (QED) is 0.627. The van der Waals surface area contributed by atoms with Crippen molar-refractivity contribution in [2.45, 2.75) is 73.3 Å². The van der Waals surface area contributed by atoms with E-state index < -0.39 is 11.9 Å². The highest BCUT2D eigenvalue weighted by Crippen LogP contribution is 2.59. The maximum absolute atomic E-state index is 11.6. The number of carboxylic acids is 1. The van der Waals surface area contributed by atoms with Crippen molar-refractivity contribution < 1.29 is 19.4 Å². The Morgan fingerprint density at radius 3 is 1.82 bits per heavy atom. The minimum Gasteiger partial charge on any atom is -0.478 e. The van der Waals surface area contributed by atoms with E-state index in [9.17, 15) is 9.59 Å². The largest absolute Gasteiger partial charge is 0.478 e. The fourth-order valence-electron chi connectivity index (χ4n) is 4.17. The van der Waals surface area contributed by atoms with E-state index in [0.29, 0.717) is 0 Å². The Balaban J connectivity index is 2.72. The minimum atomic E-state index is -1.14. The summed E-state index contributed by atoms with van der Waals surface area (Å²) in [5.74, 6) is -1.70. The van der Waals surface area contributed by atoms with Crippen LogP contribution in [0, 0.1) is 16.2 Å². The lowest BCUT2D eigenvalue weighted by Crippen LogP contribution is -2.49. The van der Waals surface area contributed by atoms with Crippen molar-refractivity contribution in [3.63, 3.8) is 0 Å². The lowest BCUT2D eigenvalue weighted by Gasteiger charge is -2.57. The Bertz CT molecular complexity index is 425. The normalized spacial score (nSPS) is 20.1. The van der Waals surface area contributed by atoms with Crippen LogP contribution >= 0.6 is 0 Å². The van der Waals surface area contributed by atoms with Crippen molar-refractivity contribution in [2.24, 2.45) is 16.2 Å². The van der Waals surface area contributed by atoms with Crippen LogP contribution in [0.4, 0.5) is 0 Å². The van der Waals surface area contributed by atoms with Crippen LogP contribution in [-0.4, -0.2) is 23.1 Å². The monoisotopic (exact) mass is 310 g/mol. The Hall–Kier alpha value is -1.32. The molecule has 0 amide bonds. The van der Waals surface area contributed by atoms with Gasteiger partial charge in [0.25, 0.3) is 0 Å². The van der Waals surface area contributed by atoms with Crippen molar-refractivity contribution in [3.05, 3.63) is 12.2 Å². The van der Waals surface area contributed by atoms with Crippen molar-refractivity contribution >= 4 is 11.9 Å². The van der Waals surface area contributed by atoms with E-state index >= 15 is 0 Å². The van der Waals surface area contributed by atoms with E-state index in [1.54, 1.807) is 0 Å². The third kappa shape index (κ3) is 4.11. The van der Waals surface area contributed by atoms with Gasteiger partial charge in [0.2, 0.25) is 0 Å². The molecule has 4 nitrogen and oxygen atoms in total. The molecule has 0 unspecified atom stereocenters. The second-order valence-corrected chi connectivity index (χ2v) is 8.39. The number of ether oxygens (including phenoxy) is 1. The van der Waals surface area contributed by atoms with Crippen LogP contribution in [0.25, 0.3) is 0 Å². The zero-order chi connectivity index (χ0) is 17.2. The average molecular weight is 310 g/mol. The first-order valence-electron chi connectivity index (χ1n) is 8.01. The summed E-state index contributed by atoms with van der Waals surface area (Å²) in [5.41, 5.74) is 0.576. The summed E-state index contributed by atoms with van der Waals surface area (Å²) in [6.45, 7) is 13.8. The van der Waals surface area contributed by atoms with E-state index in [-0.39, 0.29) is 22.3 Å². The lowest BCUT2D eigenvalue weighted by molar-refractivity contribution is -0.151. The molecule has 0 bridgehead atoms. The summed E-state index contributed by atoms with van der Waals surface area (Å²) in [5, 5.41) is 8.52. The minimum absolute atomic E-state index is 0.108. The number of carbonyl (C=O) groups excluding carboxylic acids is 1. The van der Waals surface area contributed by atoms with Gasteiger partial charge in [0, 0.05) is 12.2 Å². The molecule has 1 aliphatic rings. The second kappa shape index (κ2) is 6.43. The Kier molecular flexibility index (Phi) is 5.47. The van der Waals surface area contributed by atoms with E-state index in [4.69, 9.17) is 9.84 Å². The predicted molar refractivity (Wildman–Crippen MR) is 86.5 cm³/mol. The molecule has 0 saturated heterocycles. The summed E-state index contributed by atoms with van der Waals surface area (Å²) in [7, 11) is 0. The molecular weight excluding hydrogens is 280 g/mol. The number of hydrogen-bond donors (Lipinski definition) is 1. The second-order valence-electron chi connectivity index (χ2n) is 8.39. The predicted octanol–water partition coefficient (Wildman–Crippen LogP) is 4.19. The first kappa shape index (κ1) is 18.7. The average Bonchev–Trinajstić information content (AvgIpc) is 2.34. The molecule has 0 aromatic heterocycles. The maximum atomic E-state index is 11.6. The van der Waals surface area contributed by atoms with Crippen LogP contribution in [-0.2, 0) is 14.3 Å². The smallest absolute Gasteiger partial charge is 0.331 e. The maximum Gasteiger partial charge on any atom is 0.331 e. The SMILES string of the molecule is CC(C)(C)C1(C(C)(C)C)CCC(OC(=O)/C=C/C(=O)O)CC1. The van der Waals surface area contributed by atoms with Gasteiger partial charge in [-0.1, -0.05) is 41.5 Å². The molecule has 0 aromatic rings. The van der Waals surface area contributed by atoms with E-state index in [1.165, 1.54) is 0 Å². The highest BCUT2D eigenvalue weighted by atomic mass is 16.5. The van der Waals surface area contributed by atoms with Crippen LogP contribution < -0.4 is 0 Å².